The number of rotatable bonds is 7. The highest BCUT2D eigenvalue weighted by Crippen LogP contribution is 2.29. The summed E-state index contributed by atoms with van der Waals surface area (Å²) in [4.78, 5) is 11.2. The topological polar surface area (TPSA) is 55.2 Å². The van der Waals surface area contributed by atoms with E-state index in [9.17, 15) is 0 Å². The number of hydrogen-bond acceptors (Lipinski definition) is 5. The lowest BCUT2D eigenvalue weighted by molar-refractivity contribution is 0.261. The molecule has 2 aromatic carbocycles. The van der Waals surface area contributed by atoms with Crippen LogP contribution in [-0.4, -0.2) is 46.7 Å². The number of aromatic nitrogens is 3. The quantitative estimate of drug-likeness (QED) is 0.512. The van der Waals surface area contributed by atoms with Crippen LogP contribution in [0, 0.1) is 0 Å². The molecule has 0 amide bonds. The fourth-order valence-electron chi connectivity index (χ4n) is 3.22. The summed E-state index contributed by atoms with van der Waals surface area (Å²) in [5.74, 6) is 1.42. The van der Waals surface area contributed by atoms with Gasteiger partial charge >= 0.3 is 0 Å². The molecule has 0 saturated carbocycles. The Bertz CT molecular complexity index is 1100. The van der Waals surface area contributed by atoms with Crippen molar-refractivity contribution in [3.8, 4) is 17.0 Å². The highest BCUT2D eigenvalue weighted by molar-refractivity contribution is 5.95. The number of nitrogens with zero attached hydrogens (tertiary/aromatic N) is 4. The van der Waals surface area contributed by atoms with Crippen LogP contribution < -0.4 is 10.1 Å². The molecular formula is C23H25N5O. The van der Waals surface area contributed by atoms with Gasteiger partial charge in [0.05, 0.1) is 5.69 Å². The van der Waals surface area contributed by atoms with E-state index in [1.807, 2.05) is 63.6 Å². The number of hydrogen-bond donors (Lipinski definition) is 1. The minimum Gasteiger partial charge on any atom is -0.492 e. The van der Waals surface area contributed by atoms with Crippen molar-refractivity contribution in [1.29, 1.82) is 0 Å². The first-order valence-corrected chi connectivity index (χ1v) is 9.62. The third-order valence-electron chi connectivity index (χ3n) is 4.75. The number of nitrogens with one attached hydrogen (secondary N) is 1. The molecule has 6 nitrogen and oxygen atoms in total. The first-order valence-electron chi connectivity index (χ1n) is 9.62. The zero-order valence-electron chi connectivity index (χ0n) is 17.0. The smallest absolute Gasteiger partial charge is 0.227 e. The second-order valence-electron chi connectivity index (χ2n) is 7.24. The molecule has 148 valence electrons. The Hall–Kier alpha value is -3.38. The molecule has 0 spiro atoms. The molecule has 0 aliphatic carbocycles. The maximum Gasteiger partial charge on any atom is 0.227 e. The average molecular weight is 387 g/mol. The van der Waals surface area contributed by atoms with Gasteiger partial charge in [-0.3, -0.25) is 0 Å². The molecule has 0 radical (unpaired) electrons. The molecule has 29 heavy (non-hydrogen) atoms. The third-order valence-corrected chi connectivity index (χ3v) is 4.75. The number of para-hydroxylation sites is 1. The molecule has 0 fully saturated rings. The first kappa shape index (κ1) is 19.0. The molecule has 1 N–H and O–H groups in total. The molecular weight excluding hydrogens is 362 g/mol. The Labute approximate surface area is 170 Å². The largest absolute Gasteiger partial charge is 0.492 e. The van der Waals surface area contributed by atoms with Gasteiger partial charge in [0.15, 0.2) is 0 Å². The van der Waals surface area contributed by atoms with E-state index in [1.165, 1.54) is 10.9 Å². The van der Waals surface area contributed by atoms with E-state index in [0.717, 1.165) is 29.2 Å². The number of fused-ring (bicyclic) bond motifs is 1. The summed E-state index contributed by atoms with van der Waals surface area (Å²) in [6.45, 7) is 1.55. The SMILES string of the molecule is CN(C)CCOc1ccc(Nc2nccc(-c3cn(C)c4ccccc34)n2)cc1. The maximum absolute atomic E-state index is 5.74. The molecule has 6 heteroatoms. The van der Waals surface area contributed by atoms with Crippen LogP contribution in [0.25, 0.3) is 22.2 Å². The summed E-state index contributed by atoms with van der Waals surface area (Å²) >= 11 is 0. The Kier molecular flexibility index (Phi) is 5.44. The normalized spacial score (nSPS) is 11.2. The molecule has 0 aliphatic rings. The van der Waals surface area contributed by atoms with Crippen molar-refractivity contribution >= 4 is 22.5 Å². The monoisotopic (exact) mass is 387 g/mol. The predicted molar refractivity (Wildman–Crippen MR) is 118 cm³/mol. The zero-order chi connectivity index (χ0) is 20.2. The van der Waals surface area contributed by atoms with Gasteiger partial charge in [-0.05, 0) is 50.5 Å². The van der Waals surface area contributed by atoms with Crippen LogP contribution >= 0.6 is 0 Å². The number of benzene rings is 2. The zero-order valence-corrected chi connectivity index (χ0v) is 17.0. The Morgan fingerprint density at radius 3 is 2.62 bits per heavy atom. The van der Waals surface area contributed by atoms with E-state index in [4.69, 9.17) is 9.72 Å². The van der Waals surface area contributed by atoms with Gasteiger partial charge in [-0.25, -0.2) is 9.97 Å². The van der Waals surface area contributed by atoms with Crippen LogP contribution in [0.4, 0.5) is 11.6 Å². The van der Waals surface area contributed by atoms with E-state index in [0.29, 0.717) is 12.6 Å². The fraction of sp³-hybridized carbons (Fsp3) is 0.217. The van der Waals surface area contributed by atoms with Crippen molar-refractivity contribution in [2.75, 3.05) is 32.6 Å². The summed E-state index contributed by atoms with van der Waals surface area (Å²) in [6, 6.07) is 18.1. The van der Waals surface area contributed by atoms with Gasteiger partial charge in [0.25, 0.3) is 0 Å². The van der Waals surface area contributed by atoms with Crippen LogP contribution in [0.5, 0.6) is 5.75 Å². The Morgan fingerprint density at radius 1 is 1.03 bits per heavy atom. The van der Waals surface area contributed by atoms with Crippen LogP contribution in [0.3, 0.4) is 0 Å². The van der Waals surface area contributed by atoms with Crippen LogP contribution in [0.15, 0.2) is 67.0 Å². The summed E-state index contributed by atoms with van der Waals surface area (Å²) in [7, 11) is 6.11. The van der Waals surface area contributed by atoms with Crippen LogP contribution in [-0.2, 0) is 7.05 Å². The number of anilines is 2. The number of aryl methyl sites for hydroxylation is 1. The van der Waals surface area contributed by atoms with Gasteiger partial charge in [-0.1, -0.05) is 18.2 Å². The van der Waals surface area contributed by atoms with Crippen molar-refractivity contribution in [2.45, 2.75) is 0 Å². The van der Waals surface area contributed by atoms with E-state index in [-0.39, 0.29) is 0 Å². The second kappa shape index (κ2) is 8.32. The molecule has 2 aromatic heterocycles. The van der Waals surface area contributed by atoms with Gasteiger partial charge in [-0.2, -0.15) is 0 Å². The summed E-state index contributed by atoms with van der Waals surface area (Å²) < 4.78 is 7.86. The molecule has 2 heterocycles. The highest BCUT2D eigenvalue weighted by Gasteiger charge is 2.10. The minimum atomic E-state index is 0.566. The maximum atomic E-state index is 5.74. The third kappa shape index (κ3) is 4.38. The Balaban J connectivity index is 1.51. The molecule has 0 bridgehead atoms. The lowest BCUT2D eigenvalue weighted by Crippen LogP contribution is -2.19. The molecule has 0 saturated heterocycles. The van der Waals surface area contributed by atoms with E-state index in [2.05, 4.69) is 38.1 Å². The number of likely N-dealkylation sites (N-methyl/N-ethyl adjacent to an activating group) is 1. The van der Waals surface area contributed by atoms with Crippen molar-refractivity contribution < 1.29 is 4.74 Å². The van der Waals surface area contributed by atoms with Crippen molar-refractivity contribution in [3.63, 3.8) is 0 Å². The van der Waals surface area contributed by atoms with Crippen molar-refractivity contribution in [3.05, 3.63) is 67.0 Å². The van der Waals surface area contributed by atoms with E-state index >= 15 is 0 Å². The van der Waals surface area contributed by atoms with Gasteiger partial charge in [-0.15, -0.1) is 0 Å². The molecule has 4 rings (SSSR count). The Morgan fingerprint density at radius 2 is 1.83 bits per heavy atom. The number of ether oxygens (including phenoxy) is 1. The van der Waals surface area contributed by atoms with E-state index < -0.39 is 0 Å². The van der Waals surface area contributed by atoms with E-state index in [1.54, 1.807) is 6.20 Å². The highest BCUT2D eigenvalue weighted by atomic mass is 16.5. The first-order chi connectivity index (χ1) is 14.1. The summed E-state index contributed by atoms with van der Waals surface area (Å²) in [5, 5.41) is 4.46. The second-order valence-corrected chi connectivity index (χ2v) is 7.24. The fourth-order valence-corrected chi connectivity index (χ4v) is 3.22. The van der Waals surface area contributed by atoms with Gasteiger partial charge < -0.3 is 19.5 Å². The average Bonchev–Trinajstić information content (AvgIpc) is 3.06. The van der Waals surface area contributed by atoms with Crippen molar-refractivity contribution in [2.24, 2.45) is 7.05 Å². The molecule has 0 atom stereocenters. The molecule has 0 aliphatic heterocycles. The van der Waals surface area contributed by atoms with Crippen LogP contribution in [0.1, 0.15) is 0 Å². The molecule has 4 aromatic rings. The summed E-state index contributed by atoms with van der Waals surface area (Å²) in [6.07, 6.45) is 3.89. The van der Waals surface area contributed by atoms with Crippen LogP contribution in [0.2, 0.25) is 0 Å². The predicted octanol–water partition coefficient (Wildman–Crippen LogP) is 4.32. The van der Waals surface area contributed by atoms with Crippen molar-refractivity contribution in [1.82, 2.24) is 19.4 Å². The lowest BCUT2D eigenvalue weighted by atomic mass is 10.1. The minimum absolute atomic E-state index is 0.566. The molecule has 0 unspecified atom stereocenters. The lowest BCUT2D eigenvalue weighted by Gasteiger charge is -2.11. The van der Waals surface area contributed by atoms with Gasteiger partial charge in [0.2, 0.25) is 5.95 Å². The summed E-state index contributed by atoms with van der Waals surface area (Å²) in [5.41, 5.74) is 4.08. The van der Waals surface area contributed by atoms with Gasteiger partial charge in [0, 0.05) is 48.1 Å². The van der Waals surface area contributed by atoms with Gasteiger partial charge in [0.1, 0.15) is 12.4 Å². The standard InChI is InChI=1S/C23H25N5O/c1-27(2)14-15-29-18-10-8-17(9-11-18)25-23-24-13-12-21(26-23)20-16-28(3)22-7-5-4-6-19(20)22/h4-13,16H,14-15H2,1-3H3,(H,24,25,26).